The van der Waals surface area contributed by atoms with Crippen molar-refractivity contribution in [2.75, 3.05) is 46.6 Å². The first-order chi connectivity index (χ1) is 36.4. The number of aromatic nitrogens is 2. The number of carboxylic acids is 1. The molecule has 4 atom stereocenters. The van der Waals surface area contributed by atoms with E-state index in [4.69, 9.17) is 18.5 Å². The normalized spacial score (nSPS) is 15.4. The number of anilines is 4. The minimum Gasteiger partial charge on any atom is -0.870 e. The van der Waals surface area contributed by atoms with E-state index in [1.807, 2.05) is 147 Å². The Labute approximate surface area is 469 Å². The number of aliphatic carboxylic acids is 1. The van der Waals surface area contributed by atoms with Gasteiger partial charge in [0.2, 0.25) is 0 Å². The van der Waals surface area contributed by atoms with Crippen LogP contribution in [-0.4, -0.2) is 71.5 Å². The fourth-order valence-electron chi connectivity index (χ4n) is 9.24. The van der Waals surface area contributed by atoms with Crippen LogP contribution in [0.4, 0.5) is 32.3 Å². The van der Waals surface area contributed by atoms with Crippen molar-refractivity contribution < 1.29 is 77.8 Å². The Balaban J connectivity index is 0.000000218. The molecule has 0 aliphatic carbocycles. The predicted molar refractivity (Wildman–Crippen MR) is 290 cm³/mol. The second-order valence-corrected chi connectivity index (χ2v) is 18.7. The first kappa shape index (κ1) is 56.7. The van der Waals surface area contributed by atoms with Crippen LogP contribution >= 0.6 is 0 Å². The first-order valence-corrected chi connectivity index (χ1v) is 24.9. The minimum absolute atomic E-state index is 0. The topological polar surface area (TPSA) is 220 Å². The van der Waals surface area contributed by atoms with Crippen molar-refractivity contribution in [3.63, 3.8) is 0 Å². The Bertz CT molecular complexity index is 3230. The average Bonchev–Trinajstić information content (AvgIpc) is 4.28. The van der Waals surface area contributed by atoms with Crippen LogP contribution in [0.5, 0.6) is 0 Å². The van der Waals surface area contributed by atoms with Gasteiger partial charge in [-0.2, -0.15) is 0 Å². The molecule has 2 aliphatic heterocycles. The Kier molecular flexibility index (Phi) is 19.3. The van der Waals surface area contributed by atoms with Crippen LogP contribution in [0.1, 0.15) is 61.4 Å². The van der Waals surface area contributed by atoms with Gasteiger partial charge in [-0.15, -0.1) is 5.92 Å². The Hall–Kier alpha value is -8.02. The number of carboxylic acid groups (broad SMARTS) is 1. The summed E-state index contributed by atoms with van der Waals surface area (Å²) in [6, 6.07) is 51.2. The number of nitrogens with zero attached hydrogens (tertiary/aromatic N) is 4. The maximum absolute atomic E-state index is 12.6. The summed E-state index contributed by atoms with van der Waals surface area (Å²) in [5.41, 5.74) is 11.8. The van der Waals surface area contributed by atoms with Gasteiger partial charge < -0.3 is 43.7 Å². The van der Waals surface area contributed by atoms with E-state index in [1.54, 1.807) is 13.8 Å². The van der Waals surface area contributed by atoms with Gasteiger partial charge in [0.25, 0.3) is 0 Å². The summed E-state index contributed by atoms with van der Waals surface area (Å²) in [4.78, 5) is 51.7. The summed E-state index contributed by atoms with van der Waals surface area (Å²) < 4.78 is 22.2. The van der Waals surface area contributed by atoms with Gasteiger partial charge in [-0.05, 0) is 98.3 Å². The standard InChI is InChI=1S/C30H29N3O5.C30H28N3O4.Na.H2O/c1-19-27(31-30(36)37-20(2)21-6-4-3-5-7-21)28(38-32-19)24-10-8-22(9-11-24)23-12-14-26(15-13-23)33-17-16-25(18-33)29(34)35;1-20-28(31-30(35)36-21(2)23-6-4-3-5-7-23)29(37-32-20)26-10-8-24(9-11-26)25-12-14-27(15-13-25)33-17-16-22(18-33)19-34;;/h3-15,20,25H,16-18H2,1-2H3,(H,31,36)(H,34,35);3-15,21-22H,16-18H2,1-2H3,(H,31,35);;1H2/q;-1;+1;/p-1/t20-,25-;21-,22-;;/m11../s1. The molecule has 8 aromatic rings. The summed E-state index contributed by atoms with van der Waals surface area (Å²) in [5, 5.41) is 22.9. The van der Waals surface area contributed by atoms with Gasteiger partial charge in [0.15, 0.2) is 11.5 Å². The summed E-state index contributed by atoms with van der Waals surface area (Å²) in [6.07, 6.45) is 1.68. The van der Waals surface area contributed by atoms with Crippen LogP contribution < -0.4 is 50.0 Å². The Morgan fingerprint density at radius 1 is 0.571 bits per heavy atom. The van der Waals surface area contributed by atoms with Crippen LogP contribution in [0, 0.1) is 25.7 Å². The molecule has 16 nitrogen and oxygen atoms in total. The predicted octanol–water partition coefficient (Wildman–Crippen LogP) is 9.93. The molecule has 4 heterocycles. The van der Waals surface area contributed by atoms with Gasteiger partial charge in [-0.1, -0.05) is 150 Å². The van der Waals surface area contributed by atoms with Crippen LogP contribution in [0.25, 0.3) is 44.9 Å². The van der Waals surface area contributed by atoms with Crippen LogP contribution in [0.15, 0.2) is 167 Å². The Morgan fingerprint density at radius 3 is 1.30 bits per heavy atom. The van der Waals surface area contributed by atoms with Crippen molar-refractivity contribution in [1.82, 2.24) is 10.3 Å². The fourth-order valence-corrected chi connectivity index (χ4v) is 9.24. The summed E-state index contributed by atoms with van der Waals surface area (Å²) in [6.45, 7) is 10.1. The number of carbonyl (C=O) groups is 3. The molecule has 0 bridgehead atoms. The monoisotopic (exact) mass is 1050 g/mol. The third-order valence-electron chi connectivity index (χ3n) is 13.6. The van der Waals surface area contributed by atoms with Crippen molar-refractivity contribution in [3.8, 4) is 44.9 Å². The number of amides is 2. The number of hydrogen-bond acceptors (Lipinski definition) is 13. The van der Waals surface area contributed by atoms with Gasteiger partial charge in [0, 0.05) is 42.1 Å². The fraction of sp³-hybridized carbons (Fsp3) is 0.233. The van der Waals surface area contributed by atoms with E-state index in [2.05, 4.69) is 61.3 Å². The third kappa shape index (κ3) is 13.9. The van der Waals surface area contributed by atoms with Crippen molar-refractivity contribution >= 4 is 47.2 Å². The third-order valence-corrected chi connectivity index (χ3v) is 13.6. The van der Waals surface area contributed by atoms with Crippen molar-refractivity contribution in [1.29, 1.82) is 0 Å². The van der Waals surface area contributed by atoms with Crippen molar-refractivity contribution in [2.24, 2.45) is 11.8 Å². The molecule has 0 unspecified atom stereocenters. The number of carbonyl (C=O) groups excluding carboxylic acids is 3. The minimum atomic E-state index is -0.733. The van der Waals surface area contributed by atoms with Crippen LogP contribution in [0.2, 0.25) is 0 Å². The molecule has 0 saturated carbocycles. The number of aryl methyl sites for hydroxylation is 2. The number of ether oxygens (including phenoxy) is 2. The van der Waals surface area contributed by atoms with E-state index >= 15 is 0 Å². The quantitative estimate of drug-likeness (QED) is 0.0682. The van der Waals surface area contributed by atoms with Crippen molar-refractivity contribution in [3.05, 3.63) is 180 Å². The molecule has 2 fully saturated rings. The number of hydrogen-bond donors (Lipinski definition) is 3. The maximum atomic E-state index is 12.6. The molecule has 4 N–H and O–H groups in total. The summed E-state index contributed by atoms with van der Waals surface area (Å²) in [5.74, 6) is -0.117. The van der Waals surface area contributed by atoms with E-state index < -0.39 is 30.4 Å². The molecular formula is C60H58N6NaO10-. The molecule has 2 amide bonds. The van der Waals surface area contributed by atoms with E-state index in [9.17, 15) is 24.3 Å². The zero-order valence-electron chi connectivity index (χ0n) is 43.5. The molecule has 2 saturated heterocycles. The Morgan fingerprint density at radius 2 is 0.935 bits per heavy atom. The van der Waals surface area contributed by atoms with Gasteiger partial charge in [0.1, 0.15) is 35.0 Å². The van der Waals surface area contributed by atoms with Crippen molar-refractivity contribution in [2.45, 2.75) is 52.7 Å². The zero-order valence-corrected chi connectivity index (χ0v) is 45.5. The second-order valence-electron chi connectivity index (χ2n) is 18.7. The molecule has 0 radical (unpaired) electrons. The molecule has 0 spiro atoms. The largest absolute Gasteiger partial charge is 1.00 e. The summed E-state index contributed by atoms with van der Waals surface area (Å²) in [7, 11) is 0. The smallest absolute Gasteiger partial charge is 0.870 e. The summed E-state index contributed by atoms with van der Waals surface area (Å²) >= 11 is 0. The number of rotatable bonds is 14. The van der Waals surface area contributed by atoms with Crippen LogP contribution in [-0.2, 0) is 19.1 Å². The molecule has 2 aliphatic rings. The average molecular weight is 1050 g/mol. The molecule has 17 heteroatoms. The molecule has 2 aromatic heterocycles. The molecular weight excluding hydrogens is 988 g/mol. The maximum Gasteiger partial charge on any atom is 1.00 e. The van der Waals surface area contributed by atoms with E-state index in [0.717, 1.165) is 81.9 Å². The molecule has 10 rings (SSSR count). The van der Waals surface area contributed by atoms with E-state index in [0.29, 0.717) is 47.2 Å². The van der Waals surface area contributed by atoms with E-state index in [-0.39, 0.29) is 46.9 Å². The SMILES string of the molecule is Cc1noc(-c2ccc(-c3ccc(N4CC[C@@H](C(=O)O)C4)cc3)cc2)c1NC(=O)O[C@H](C)c1ccccc1.Cc1noc(-c2ccc(-c3ccc(N4CC[C@@H]([C-]=O)C4)cc3)cc2)c1NC(=O)O[C@H](C)c1ccccc1.[Na+].[OH-]. The first-order valence-electron chi connectivity index (χ1n) is 24.9. The zero-order chi connectivity index (χ0) is 52.4. The van der Waals surface area contributed by atoms with Gasteiger partial charge >= 0.3 is 47.7 Å². The van der Waals surface area contributed by atoms with E-state index in [1.165, 1.54) is 0 Å². The number of nitrogens with one attached hydrogen (secondary N) is 2. The molecule has 6 aromatic carbocycles. The molecule has 77 heavy (non-hydrogen) atoms. The van der Waals surface area contributed by atoms with Gasteiger partial charge in [-0.3, -0.25) is 21.7 Å². The molecule has 390 valence electrons. The second kappa shape index (κ2) is 26.2. The van der Waals surface area contributed by atoms with Crippen LogP contribution in [0.3, 0.4) is 0 Å². The van der Waals surface area contributed by atoms with Gasteiger partial charge in [-0.25, -0.2) is 9.59 Å². The number of benzene rings is 6. The van der Waals surface area contributed by atoms with Gasteiger partial charge in [0.05, 0.1) is 5.92 Å².